The van der Waals surface area contributed by atoms with Crippen LogP contribution in [0.2, 0.25) is 5.02 Å². The summed E-state index contributed by atoms with van der Waals surface area (Å²) in [4.78, 5) is 27.1. The van der Waals surface area contributed by atoms with Crippen LogP contribution in [0.3, 0.4) is 0 Å². The summed E-state index contributed by atoms with van der Waals surface area (Å²) in [7, 11) is 0. The van der Waals surface area contributed by atoms with E-state index in [2.05, 4.69) is 6.07 Å². The highest BCUT2D eigenvalue weighted by atomic mass is 35.5. The number of carbonyl (C=O) groups excluding carboxylic acids is 2. The Morgan fingerprint density at radius 1 is 1.21 bits per heavy atom. The van der Waals surface area contributed by atoms with Crippen molar-refractivity contribution in [1.29, 1.82) is 5.26 Å². The lowest BCUT2D eigenvalue weighted by Gasteiger charge is -2.23. The van der Waals surface area contributed by atoms with Gasteiger partial charge in [0.15, 0.2) is 0 Å². The third-order valence-corrected chi connectivity index (χ3v) is 6.26. The van der Waals surface area contributed by atoms with Gasteiger partial charge in [0.25, 0.3) is 0 Å². The Bertz CT molecular complexity index is 983. The maximum atomic E-state index is 13.0. The van der Waals surface area contributed by atoms with E-state index in [0.29, 0.717) is 41.1 Å². The number of fused-ring (bicyclic) bond motifs is 1. The first kappa shape index (κ1) is 18.5. The average molecular weight is 395 g/mol. The van der Waals surface area contributed by atoms with Crippen LogP contribution in [-0.4, -0.2) is 24.5 Å². The SMILES string of the molecule is Cc1c(N2CC3C(CC[C@@H]3OC(=O)c3ccccc3)C2=O)ccc(C#N)c1Cl. The van der Waals surface area contributed by atoms with Crippen molar-refractivity contribution in [3.63, 3.8) is 0 Å². The molecule has 0 bridgehead atoms. The van der Waals surface area contributed by atoms with Gasteiger partial charge < -0.3 is 9.64 Å². The summed E-state index contributed by atoms with van der Waals surface area (Å²) in [6.07, 6.45) is 1.12. The summed E-state index contributed by atoms with van der Waals surface area (Å²) in [5, 5.41) is 9.50. The molecular formula is C22H19ClN2O3. The summed E-state index contributed by atoms with van der Waals surface area (Å²) >= 11 is 6.28. The van der Waals surface area contributed by atoms with E-state index in [-0.39, 0.29) is 29.8 Å². The fourth-order valence-electron chi connectivity index (χ4n) is 4.28. The van der Waals surface area contributed by atoms with Gasteiger partial charge in [0.1, 0.15) is 12.2 Å². The summed E-state index contributed by atoms with van der Waals surface area (Å²) in [5.41, 5.74) is 2.34. The minimum Gasteiger partial charge on any atom is -0.458 e. The number of halogens is 1. The number of anilines is 1. The van der Waals surface area contributed by atoms with Crippen LogP contribution in [0.1, 0.15) is 34.3 Å². The highest BCUT2D eigenvalue weighted by molar-refractivity contribution is 6.33. The van der Waals surface area contributed by atoms with Crippen molar-refractivity contribution in [1.82, 2.24) is 0 Å². The van der Waals surface area contributed by atoms with E-state index in [4.69, 9.17) is 21.6 Å². The van der Waals surface area contributed by atoms with Crippen molar-refractivity contribution in [2.45, 2.75) is 25.9 Å². The molecule has 2 aromatic rings. The number of amides is 1. The largest absolute Gasteiger partial charge is 0.458 e. The molecule has 142 valence electrons. The Hall–Kier alpha value is -2.84. The van der Waals surface area contributed by atoms with E-state index in [1.807, 2.05) is 13.0 Å². The third-order valence-electron chi connectivity index (χ3n) is 5.77. The molecule has 1 amide bonds. The molecule has 1 aliphatic carbocycles. The zero-order chi connectivity index (χ0) is 19.8. The maximum absolute atomic E-state index is 13.0. The van der Waals surface area contributed by atoms with Crippen LogP contribution in [-0.2, 0) is 9.53 Å². The van der Waals surface area contributed by atoms with Crippen molar-refractivity contribution in [3.05, 3.63) is 64.2 Å². The zero-order valence-electron chi connectivity index (χ0n) is 15.4. The van der Waals surface area contributed by atoms with E-state index in [0.717, 1.165) is 5.69 Å². The van der Waals surface area contributed by atoms with E-state index >= 15 is 0 Å². The van der Waals surface area contributed by atoms with Crippen molar-refractivity contribution in [2.24, 2.45) is 11.8 Å². The first-order chi connectivity index (χ1) is 13.5. The molecule has 6 heteroatoms. The predicted octanol–water partition coefficient (Wildman–Crippen LogP) is 4.12. The second-order valence-corrected chi connectivity index (χ2v) is 7.67. The Kier molecular flexibility index (Phi) is 4.82. The summed E-state index contributed by atoms with van der Waals surface area (Å²) in [6.45, 7) is 2.30. The Morgan fingerprint density at radius 2 is 1.96 bits per heavy atom. The molecule has 0 N–H and O–H groups in total. The highest BCUT2D eigenvalue weighted by Crippen LogP contribution is 2.44. The molecule has 1 aliphatic heterocycles. The fourth-order valence-corrected chi connectivity index (χ4v) is 4.48. The van der Waals surface area contributed by atoms with Crippen LogP contribution >= 0.6 is 11.6 Å². The van der Waals surface area contributed by atoms with Gasteiger partial charge in [0.2, 0.25) is 5.91 Å². The van der Waals surface area contributed by atoms with Gasteiger partial charge in [-0.1, -0.05) is 29.8 Å². The van der Waals surface area contributed by atoms with Gasteiger partial charge in [-0.05, 0) is 49.6 Å². The van der Waals surface area contributed by atoms with Crippen molar-refractivity contribution >= 4 is 29.2 Å². The molecule has 5 nitrogen and oxygen atoms in total. The molecule has 2 aliphatic rings. The molecule has 4 rings (SSSR count). The van der Waals surface area contributed by atoms with Crippen molar-refractivity contribution in [2.75, 3.05) is 11.4 Å². The number of esters is 1. The molecule has 0 radical (unpaired) electrons. The fraction of sp³-hybridized carbons (Fsp3) is 0.318. The Balaban J connectivity index is 1.54. The summed E-state index contributed by atoms with van der Waals surface area (Å²) in [5.74, 6) is -0.502. The van der Waals surface area contributed by atoms with Gasteiger partial charge in [-0.3, -0.25) is 4.79 Å². The quantitative estimate of drug-likeness (QED) is 0.734. The topological polar surface area (TPSA) is 70.4 Å². The molecule has 0 spiro atoms. The van der Waals surface area contributed by atoms with Crippen LogP contribution < -0.4 is 4.90 Å². The number of hydrogen-bond donors (Lipinski definition) is 0. The van der Waals surface area contributed by atoms with Crippen LogP contribution in [0.5, 0.6) is 0 Å². The van der Waals surface area contributed by atoms with Gasteiger partial charge in [-0.25, -0.2) is 4.79 Å². The molecule has 3 atom stereocenters. The first-order valence-corrected chi connectivity index (χ1v) is 9.65. The third kappa shape index (κ3) is 3.04. The molecule has 1 saturated carbocycles. The molecule has 1 saturated heterocycles. The molecule has 2 aromatic carbocycles. The normalized spacial score (nSPS) is 23.4. The van der Waals surface area contributed by atoms with Crippen LogP contribution in [0.15, 0.2) is 42.5 Å². The number of benzene rings is 2. The average Bonchev–Trinajstić information content (AvgIpc) is 3.25. The number of carbonyl (C=O) groups is 2. The lowest BCUT2D eigenvalue weighted by Crippen LogP contribution is -2.30. The Morgan fingerprint density at radius 3 is 2.68 bits per heavy atom. The van der Waals surface area contributed by atoms with Gasteiger partial charge in [-0.2, -0.15) is 5.26 Å². The van der Waals surface area contributed by atoms with Crippen LogP contribution in [0.4, 0.5) is 5.69 Å². The molecular weight excluding hydrogens is 376 g/mol. The van der Waals surface area contributed by atoms with Crippen molar-refractivity contribution < 1.29 is 14.3 Å². The summed E-state index contributed by atoms with van der Waals surface area (Å²) < 4.78 is 5.75. The van der Waals surface area contributed by atoms with E-state index in [1.165, 1.54) is 0 Å². The molecule has 28 heavy (non-hydrogen) atoms. The zero-order valence-corrected chi connectivity index (χ0v) is 16.1. The van der Waals surface area contributed by atoms with Gasteiger partial charge in [0, 0.05) is 24.1 Å². The highest BCUT2D eigenvalue weighted by Gasteiger charge is 2.50. The summed E-state index contributed by atoms with van der Waals surface area (Å²) in [6, 6.07) is 14.4. The second kappa shape index (κ2) is 7.29. The minimum atomic E-state index is -0.352. The van der Waals surface area contributed by atoms with E-state index in [1.54, 1.807) is 41.3 Å². The minimum absolute atomic E-state index is 0.0334. The number of rotatable bonds is 3. The molecule has 1 heterocycles. The lowest BCUT2D eigenvalue weighted by atomic mass is 9.99. The van der Waals surface area contributed by atoms with Crippen molar-refractivity contribution in [3.8, 4) is 6.07 Å². The molecule has 2 unspecified atom stereocenters. The standard InChI is InChI=1S/C22H19ClN2O3/c1-13-18(9-7-15(11-24)20(13)23)25-12-17-16(21(25)26)8-10-19(17)28-22(27)14-5-3-2-4-6-14/h2-7,9,16-17,19H,8,10,12H2,1H3/t16?,17?,19-/m0/s1. The second-order valence-electron chi connectivity index (χ2n) is 7.29. The number of nitrogens with zero attached hydrogens (tertiary/aromatic N) is 2. The first-order valence-electron chi connectivity index (χ1n) is 9.28. The van der Waals surface area contributed by atoms with E-state index < -0.39 is 0 Å². The van der Waals surface area contributed by atoms with Gasteiger partial charge >= 0.3 is 5.97 Å². The number of hydrogen-bond acceptors (Lipinski definition) is 4. The molecule has 2 fully saturated rings. The Labute approximate surface area is 168 Å². The monoisotopic (exact) mass is 394 g/mol. The number of nitriles is 1. The van der Waals surface area contributed by atoms with Gasteiger partial charge in [0.05, 0.1) is 16.1 Å². The van der Waals surface area contributed by atoms with Crippen LogP contribution in [0.25, 0.3) is 0 Å². The maximum Gasteiger partial charge on any atom is 0.338 e. The van der Waals surface area contributed by atoms with Crippen LogP contribution in [0, 0.1) is 30.1 Å². The predicted molar refractivity (Wildman–Crippen MR) is 105 cm³/mol. The number of ether oxygens (including phenoxy) is 1. The van der Waals surface area contributed by atoms with Gasteiger partial charge in [-0.15, -0.1) is 0 Å². The lowest BCUT2D eigenvalue weighted by molar-refractivity contribution is -0.120. The molecule has 0 aromatic heterocycles. The smallest absolute Gasteiger partial charge is 0.338 e. The van der Waals surface area contributed by atoms with E-state index in [9.17, 15) is 9.59 Å².